The van der Waals surface area contributed by atoms with E-state index >= 15 is 0 Å². The molecule has 2 N–H and O–H groups in total. The molecule has 0 aliphatic heterocycles. The number of H-pyrrole nitrogens is 1. The Kier molecular flexibility index (Phi) is 7.12. The molecule has 0 fully saturated rings. The Morgan fingerprint density at radius 1 is 1.30 bits per heavy atom. The molecule has 144 valence electrons. The molecule has 1 aromatic heterocycles. The number of methoxy groups -OCH3 is 1. The summed E-state index contributed by atoms with van der Waals surface area (Å²) >= 11 is 1.06. The van der Waals surface area contributed by atoms with Gasteiger partial charge in [-0.2, -0.15) is 0 Å². The van der Waals surface area contributed by atoms with Gasteiger partial charge in [-0.15, -0.1) is 0 Å². The van der Waals surface area contributed by atoms with E-state index in [1.807, 2.05) is 0 Å². The van der Waals surface area contributed by atoms with Crippen LogP contribution in [0.3, 0.4) is 0 Å². The van der Waals surface area contributed by atoms with Gasteiger partial charge in [0.2, 0.25) is 5.91 Å². The number of hydrogen-bond donors (Lipinski definition) is 2. The Labute approximate surface area is 159 Å². The van der Waals surface area contributed by atoms with Crippen molar-refractivity contribution in [2.45, 2.75) is 36.7 Å². The van der Waals surface area contributed by atoms with E-state index in [0.717, 1.165) is 17.3 Å². The van der Waals surface area contributed by atoms with Crippen molar-refractivity contribution in [3.63, 3.8) is 0 Å². The fourth-order valence-corrected chi connectivity index (χ4v) is 3.08. The number of nitrogens with one attached hydrogen (secondary N) is 2. The van der Waals surface area contributed by atoms with Crippen LogP contribution in [0.5, 0.6) is 0 Å². The maximum absolute atomic E-state index is 13.0. The summed E-state index contributed by atoms with van der Waals surface area (Å²) in [5.74, 6) is -1.12. The van der Waals surface area contributed by atoms with Gasteiger partial charge in [-0.1, -0.05) is 23.9 Å². The fourth-order valence-electron chi connectivity index (χ4n) is 2.24. The van der Waals surface area contributed by atoms with Crippen LogP contribution in [0.25, 0.3) is 0 Å². The Hall–Kier alpha value is -2.68. The number of rotatable bonds is 7. The first-order valence-corrected chi connectivity index (χ1v) is 9.06. The molecule has 1 amide bonds. The van der Waals surface area contributed by atoms with Crippen LogP contribution in [-0.4, -0.2) is 34.2 Å². The van der Waals surface area contributed by atoms with Crippen LogP contribution >= 0.6 is 11.8 Å². The van der Waals surface area contributed by atoms with Crippen molar-refractivity contribution in [2.24, 2.45) is 0 Å². The Morgan fingerprint density at radius 2 is 1.96 bits per heavy atom. The van der Waals surface area contributed by atoms with Crippen LogP contribution in [0.2, 0.25) is 0 Å². The predicted octanol–water partition coefficient (Wildman–Crippen LogP) is 1.98. The number of esters is 1. The molecule has 0 aliphatic rings. The minimum atomic E-state index is -0.551. The molecule has 0 aliphatic carbocycles. The van der Waals surface area contributed by atoms with Gasteiger partial charge in [-0.3, -0.25) is 14.4 Å². The zero-order valence-corrected chi connectivity index (χ0v) is 15.9. The third-order valence-corrected chi connectivity index (χ3v) is 4.70. The Bertz CT molecular complexity index is 870. The summed E-state index contributed by atoms with van der Waals surface area (Å²) < 4.78 is 17.6. The number of carbonyl (C=O) groups is 2. The van der Waals surface area contributed by atoms with Gasteiger partial charge in [0.1, 0.15) is 5.82 Å². The third-order valence-electron chi connectivity index (χ3n) is 3.71. The van der Waals surface area contributed by atoms with Gasteiger partial charge in [0.15, 0.2) is 5.16 Å². The monoisotopic (exact) mass is 393 g/mol. The maximum atomic E-state index is 13.0. The molecule has 2 rings (SSSR count). The SMILES string of the molecule is COC(=O)Cc1cc(=O)[nH]c(S[C@H](C)C(=O)N[C@@H](C)c2ccc(F)cc2)n1. The van der Waals surface area contributed by atoms with E-state index in [1.54, 1.807) is 26.0 Å². The molecule has 2 atom stereocenters. The first kappa shape index (κ1) is 20.6. The van der Waals surface area contributed by atoms with E-state index in [4.69, 9.17) is 0 Å². The van der Waals surface area contributed by atoms with Crippen molar-refractivity contribution < 1.29 is 18.7 Å². The van der Waals surface area contributed by atoms with E-state index in [1.165, 1.54) is 25.3 Å². The second-order valence-electron chi connectivity index (χ2n) is 5.84. The lowest BCUT2D eigenvalue weighted by atomic mass is 10.1. The van der Waals surface area contributed by atoms with Crippen molar-refractivity contribution in [3.8, 4) is 0 Å². The highest BCUT2D eigenvalue weighted by atomic mass is 32.2. The second kappa shape index (κ2) is 9.31. The van der Waals surface area contributed by atoms with E-state index in [-0.39, 0.29) is 35.0 Å². The van der Waals surface area contributed by atoms with Crippen molar-refractivity contribution in [3.05, 3.63) is 57.8 Å². The molecule has 1 heterocycles. The summed E-state index contributed by atoms with van der Waals surface area (Å²) in [5, 5.41) is 2.51. The van der Waals surface area contributed by atoms with Gasteiger partial charge < -0.3 is 15.0 Å². The molecule has 27 heavy (non-hydrogen) atoms. The van der Waals surface area contributed by atoms with Crippen LogP contribution in [0, 0.1) is 5.82 Å². The van der Waals surface area contributed by atoms with Crippen molar-refractivity contribution in [1.29, 1.82) is 0 Å². The summed E-state index contributed by atoms with van der Waals surface area (Å²) in [6.07, 6.45) is -0.129. The average Bonchev–Trinajstić information content (AvgIpc) is 2.61. The van der Waals surface area contributed by atoms with Gasteiger partial charge in [0.05, 0.1) is 30.5 Å². The van der Waals surface area contributed by atoms with Crippen LogP contribution < -0.4 is 10.9 Å². The summed E-state index contributed by atoms with van der Waals surface area (Å²) in [7, 11) is 1.25. The molecule has 0 unspecified atom stereocenters. The molecule has 0 spiro atoms. The highest BCUT2D eigenvalue weighted by molar-refractivity contribution is 8.00. The number of aromatic nitrogens is 2. The largest absolute Gasteiger partial charge is 0.469 e. The van der Waals surface area contributed by atoms with Crippen molar-refractivity contribution in [2.75, 3.05) is 7.11 Å². The number of aromatic amines is 1. The molecule has 0 saturated carbocycles. The summed E-state index contributed by atoms with van der Waals surface area (Å²) in [4.78, 5) is 42.2. The second-order valence-corrected chi connectivity index (χ2v) is 7.17. The molecule has 7 nitrogen and oxygen atoms in total. The van der Waals surface area contributed by atoms with Crippen LogP contribution in [-0.2, 0) is 20.7 Å². The molecule has 1 aromatic carbocycles. The Morgan fingerprint density at radius 3 is 2.59 bits per heavy atom. The van der Waals surface area contributed by atoms with Crippen LogP contribution in [0.15, 0.2) is 40.3 Å². The highest BCUT2D eigenvalue weighted by Gasteiger charge is 2.19. The normalized spacial score (nSPS) is 12.9. The molecule has 0 saturated heterocycles. The van der Waals surface area contributed by atoms with Gasteiger partial charge in [0, 0.05) is 6.07 Å². The maximum Gasteiger partial charge on any atom is 0.311 e. The number of hydrogen-bond acceptors (Lipinski definition) is 6. The number of ether oxygens (including phenoxy) is 1. The van der Waals surface area contributed by atoms with Gasteiger partial charge in [0.25, 0.3) is 5.56 Å². The van der Waals surface area contributed by atoms with E-state index in [9.17, 15) is 18.8 Å². The molecule has 0 bridgehead atoms. The molecular formula is C18H20FN3O4S. The summed E-state index contributed by atoms with van der Waals surface area (Å²) in [6.45, 7) is 3.46. The third kappa shape index (κ3) is 6.21. The smallest absolute Gasteiger partial charge is 0.311 e. The Balaban J connectivity index is 2.02. The lowest BCUT2D eigenvalue weighted by molar-refractivity contribution is -0.139. The molecular weight excluding hydrogens is 373 g/mol. The number of amides is 1. The zero-order valence-electron chi connectivity index (χ0n) is 15.1. The average molecular weight is 393 g/mol. The van der Waals surface area contributed by atoms with Crippen molar-refractivity contribution >= 4 is 23.6 Å². The summed E-state index contributed by atoms with van der Waals surface area (Å²) in [5.41, 5.74) is 0.618. The van der Waals surface area contributed by atoms with Crippen molar-refractivity contribution in [1.82, 2.24) is 15.3 Å². The standard InChI is InChI=1S/C18H20FN3O4S/c1-10(12-4-6-13(19)7-5-12)20-17(25)11(2)27-18-21-14(8-15(23)22-18)9-16(24)26-3/h4-8,10-11H,9H2,1-3H3,(H,20,25)(H,21,22,23)/t10-,11+/m0/s1. The minimum Gasteiger partial charge on any atom is -0.469 e. The van der Waals surface area contributed by atoms with Crippen LogP contribution in [0.4, 0.5) is 4.39 Å². The molecule has 9 heteroatoms. The number of thioether (sulfide) groups is 1. The number of carbonyl (C=O) groups excluding carboxylic acids is 2. The van der Waals surface area contributed by atoms with E-state index in [0.29, 0.717) is 0 Å². The minimum absolute atomic E-state index is 0.129. The first-order valence-electron chi connectivity index (χ1n) is 8.18. The number of halogens is 1. The van der Waals surface area contributed by atoms with Gasteiger partial charge >= 0.3 is 5.97 Å². The lowest BCUT2D eigenvalue weighted by Gasteiger charge is -2.17. The predicted molar refractivity (Wildman–Crippen MR) is 98.9 cm³/mol. The quantitative estimate of drug-likeness (QED) is 0.424. The van der Waals surface area contributed by atoms with Crippen LogP contribution in [0.1, 0.15) is 31.1 Å². The van der Waals surface area contributed by atoms with E-state index in [2.05, 4.69) is 20.0 Å². The summed E-state index contributed by atoms with van der Waals surface area (Å²) in [6, 6.07) is 6.78. The zero-order chi connectivity index (χ0) is 20.0. The first-order chi connectivity index (χ1) is 12.8. The topological polar surface area (TPSA) is 101 Å². The molecule has 2 aromatic rings. The number of benzene rings is 1. The number of nitrogens with zero attached hydrogens (tertiary/aromatic N) is 1. The fraction of sp³-hybridized carbons (Fsp3) is 0.333. The molecule has 0 radical (unpaired) electrons. The van der Waals surface area contributed by atoms with Gasteiger partial charge in [-0.25, -0.2) is 9.37 Å². The highest BCUT2D eigenvalue weighted by Crippen LogP contribution is 2.20. The van der Waals surface area contributed by atoms with Gasteiger partial charge in [-0.05, 0) is 31.5 Å². The lowest BCUT2D eigenvalue weighted by Crippen LogP contribution is -2.33. The van der Waals surface area contributed by atoms with E-state index < -0.39 is 16.8 Å².